The number of methoxy groups -OCH3 is 1. The Labute approximate surface area is 201 Å². The summed E-state index contributed by atoms with van der Waals surface area (Å²) in [5.74, 6) is -3.56. The molecule has 0 bridgehead atoms. The number of esters is 5. The van der Waals surface area contributed by atoms with E-state index in [1.165, 1.54) is 14.0 Å². The number of hydrogen-bond acceptors (Lipinski definition) is 14. The highest BCUT2D eigenvalue weighted by molar-refractivity contribution is 5.68. The maximum atomic E-state index is 11.9. The average molecular weight is 506 g/mol. The van der Waals surface area contributed by atoms with Crippen molar-refractivity contribution >= 4 is 29.8 Å². The fourth-order valence-corrected chi connectivity index (χ4v) is 3.72. The summed E-state index contributed by atoms with van der Waals surface area (Å²) >= 11 is 0. The lowest BCUT2D eigenvalue weighted by Gasteiger charge is -2.45. The number of ether oxygens (including phenoxy) is 9. The largest absolute Gasteiger partial charge is 0.456 e. The van der Waals surface area contributed by atoms with Crippen molar-refractivity contribution in [2.45, 2.75) is 83.8 Å². The van der Waals surface area contributed by atoms with E-state index in [0.29, 0.717) is 0 Å². The van der Waals surface area contributed by atoms with Gasteiger partial charge in [0.1, 0.15) is 0 Å². The van der Waals surface area contributed by atoms with Gasteiger partial charge in [-0.05, 0) is 0 Å². The Hall–Kier alpha value is -2.81. The Kier molecular flexibility index (Phi) is 10.4. The van der Waals surface area contributed by atoms with Crippen LogP contribution in [0.4, 0.5) is 0 Å². The predicted octanol–water partition coefficient (Wildman–Crippen LogP) is -0.611. The average Bonchev–Trinajstić information content (AvgIpc) is 2.72. The monoisotopic (exact) mass is 506 g/mol. The molecule has 2 heterocycles. The zero-order chi connectivity index (χ0) is 26.3. The van der Waals surface area contributed by atoms with Crippen LogP contribution in [0, 0.1) is 0 Å². The molecule has 0 aliphatic carbocycles. The van der Waals surface area contributed by atoms with Gasteiger partial charge in [-0.2, -0.15) is 0 Å². The maximum absolute atomic E-state index is 11.9. The van der Waals surface area contributed by atoms with Crippen LogP contribution in [0.2, 0.25) is 0 Å². The summed E-state index contributed by atoms with van der Waals surface area (Å²) in [5, 5.41) is 0. The van der Waals surface area contributed by atoms with Gasteiger partial charge in [0.25, 0.3) is 0 Å². The van der Waals surface area contributed by atoms with E-state index in [4.69, 9.17) is 42.6 Å². The number of hydrogen-bond donors (Lipinski definition) is 0. The second kappa shape index (κ2) is 12.8. The Morgan fingerprint density at radius 2 is 0.914 bits per heavy atom. The van der Waals surface area contributed by atoms with Gasteiger partial charge in [0.2, 0.25) is 0 Å². The molecule has 0 aromatic heterocycles. The molecule has 0 N–H and O–H groups in total. The van der Waals surface area contributed by atoms with Crippen LogP contribution in [0.3, 0.4) is 0 Å². The minimum atomic E-state index is -1.42. The molecule has 14 heteroatoms. The van der Waals surface area contributed by atoms with Crippen molar-refractivity contribution in [1.82, 2.24) is 0 Å². The quantitative estimate of drug-likeness (QED) is 0.302. The summed E-state index contributed by atoms with van der Waals surface area (Å²) in [7, 11) is 1.31. The lowest BCUT2D eigenvalue weighted by Crippen LogP contribution is -2.63. The Morgan fingerprint density at radius 1 is 0.543 bits per heavy atom. The highest BCUT2D eigenvalue weighted by Crippen LogP contribution is 2.31. The first-order chi connectivity index (χ1) is 16.4. The molecule has 2 rings (SSSR count). The molecule has 198 valence electrons. The molecule has 2 aliphatic heterocycles. The Balaban J connectivity index is 2.40. The normalized spacial score (nSPS) is 32.6. The van der Waals surface area contributed by atoms with E-state index in [0.717, 1.165) is 27.7 Å². The van der Waals surface area contributed by atoms with E-state index < -0.39 is 79.1 Å². The van der Waals surface area contributed by atoms with Gasteiger partial charge in [-0.1, -0.05) is 0 Å². The first-order valence-electron chi connectivity index (χ1n) is 10.7. The summed E-state index contributed by atoms with van der Waals surface area (Å²) in [6, 6.07) is 0. The van der Waals surface area contributed by atoms with Crippen LogP contribution < -0.4 is 0 Å². The molecule has 0 aromatic rings. The van der Waals surface area contributed by atoms with Crippen LogP contribution >= 0.6 is 0 Å². The third kappa shape index (κ3) is 8.13. The lowest BCUT2D eigenvalue weighted by molar-refractivity contribution is -0.342. The van der Waals surface area contributed by atoms with Crippen LogP contribution in [0.5, 0.6) is 0 Å². The van der Waals surface area contributed by atoms with E-state index >= 15 is 0 Å². The van der Waals surface area contributed by atoms with E-state index in [1.807, 2.05) is 0 Å². The molecule has 0 aromatic carbocycles. The van der Waals surface area contributed by atoms with Crippen LogP contribution in [0.25, 0.3) is 0 Å². The van der Waals surface area contributed by atoms with Gasteiger partial charge in [-0.15, -0.1) is 0 Å². The number of carbonyl (C=O) groups is 5. The minimum Gasteiger partial charge on any atom is -0.456 e. The highest BCUT2D eigenvalue weighted by atomic mass is 16.8. The third-order valence-electron chi connectivity index (χ3n) is 4.83. The zero-order valence-corrected chi connectivity index (χ0v) is 20.2. The molecule has 8 atom stereocenters. The van der Waals surface area contributed by atoms with Gasteiger partial charge in [-0.25, -0.2) is 0 Å². The lowest BCUT2D eigenvalue weighted by atomic mass is 10.0. The molecule has 14 nitrogen and oxygen atoms in total. The molecule has 0 saturated carbocycles. The molecule has 2 fully saturated rings. The van der Waals surface area contributed by atoms with Gasteiger partial charge in [0.05, 0.1) is 13.2 Å². The van der Waals surface area contributed by atoms with E-state index in [2.05, 4.69) is 0 Å². The first-order valence-corrected chi connectivity index (χ1v) is 10.7. The SMILES string of the molecule is COC1OCC(OC(C)=O)C(OC(C)=O)C1OC1OCC(OC(C)=O)C(OC(C)=O)C1OC(C)=O. The Bertz CT molecular complexity index is 797. The molecule has 0 spiro atoms. The third-order valence-corrected chi connectivity index (χ3v) is 4.83. The molecule has 2 aliphatic rings. The van der Waals surface area contributed by atoms with Crippen molar-refractivity contribution in [3.05, 3.63) is 0 Å². The number of rotatable bonds is 8. The van der Waals surface area contributed by atoms with Crippen LogP contribution in [-0.2, 0) is 66.6 Å². The van der Waals surface area contributed by atoms with Crippen molar-refractivity contribution in [2.75, 3.05) is 20.3 Å². The molecule has 8 unspecified atom stereocenters. The van der Waals surface area contributed by atoms with Gasteiger partial charge in [-0.3, -0.25) is 24.0 Å². The van der Waals surface area contributed by atoms with Crippen molar-refractivity contribution in [3.8, 4) is 0 Å². The molecular formula is C21H30O14. The molecule has 35 heavy (non-hydrogen) atoms. The molecule has 2 saturated heterocycles. The van der Waals surface area contributed by atoms with Crippen molar-refractivity contribution < 1.29 is 66.6 Å². The molecular weight excluding hydrogens is 476 g/mol. The first kappa shape index (κ1) is 28.4. The summed E-state index contributed by atoms with van der Waals surface area (Å²) in [4.78, 5) is 58.5. The van der Waals surface area contributed by atoms with Crippen LogP contribution in [-0.4, -0.2) is 99.4 Å². The van der Waals surface area contributed by atoms with E-state index in [9.17, 15) is 24.0 Å². The van der Waals surface area contributed by atoms with Crippen molar-refractivity contribution in [2.24, 2.45) is 0 Å². The number of carbonyl (C=O) groups excluding carboxylic acids is 5. The molecule has 0 radical (unpaired) electrons. The van der Waals surface area contributed by atoms with Gasteiger partial charge >= 0.3 is 29.8 Å². The summed E-state index contributed by atoms with van der Waals surface area (Å²) in [5.41, 5.74) is 0. The highest BCUT2D eigenvalue weighted by Gasteiger charge is 2.52. The van der Waals surface area contributed by atoms with Crippen LogP contribution in [0.15, 0.2) is 0 Å². The Morgan fingerprint density at radius 3 is 1.31 bits per heavy atom. The van der Waals surface area contributed by atoms with Crippen LogP contribution in [0.1, 0.15) is 34.6 Å². The standard InChI is InChI=1S/C21H30O14/c1-9(22)30-14-7-28-20(27-6)18(16(14)32-11(3)24)35-21-19(34-13(5)26)17(33-12(4)25)15(8-29-21)31-10(2)23/h14-21H,7-8H2,1-6H3. The zero-order valence-electron chi connectivity index (χ0n) is 20.2. The minimum absolute atomic E-state index is 0.167. The van der Waals surface area contributed by atoms with Gasteiger partial charge in [0.15, 0.2) is 49.2 Å². The topological polar surface area (TPSA) is 168 Å². The van der Waals surface area contributed by atoms with E-state index in [1.54, 1.807) is 0 Å². The van der Waals surface area contributed by atoms with Crippen molar-refractivity contribution in [3.63, 3.8) is 0 Å². The summed E-state index contributed by atoms with van der Waals surface area (Å²) < 4.78 is 48.8. The van der Waals surface area contributed by atoms with Gasteiger partial charge in [0, 0.05) is 41.7 Å². The second-order valence-corrected chi connectivity index (χ2v) is 7.76. The fraction of sp³-hybridized carbons (Fsp3) is 0.762. The maximum Gasteiger partial charge on any atom is 0.303 e. The second-order valence-electron chi connectivity index (χ2n) is 7.76. The predicted molar refractivity (Wildman–Crippen MR) is 109 cm³/mol. The van der Waals surface area contributed by atoms with Gasteiger partial charge < -0.3 is 42.6 Å². The van der Waals surface area contributed by atoms with Crippen molar-refractivity contribution in [1.29, 1.82) is 0 Å². The smallest absolute Gasteiger partial charge is 0.303 e. The summed E-state index contributed by atoms with van der Waals surface area (Å²) in [6.45, 7) is 5.24. The molecule has 0 amide bonds. The van der Waals surface area contributed by atoms with E-state index in [-0.39, 0.29) is 13.2 Å². The summed E-state index contributed by atoms with van der Waals surface area (Å²) in [6.07, 6.45) is -9.84. The fourth-order valence-electron chi connectivity index (χ4n) is 3.72.